The van der Waals surface area contributed by atoms with E-state index in [2.05, 4.69) is 41.4 Å². The number of rotatable bonds is 6. The number of aromatic nitrogens is 2. The molecule has 2 aromatic heterocycles. The lowest BCUT2D eigenvalue weighted by Gasteiger charge is -2.38. The van der Waals surface area contributed by atoms with E-state index >= 15 is 0 Å². The van der Waals surface area contributed by atoms with E-state index in [0.29, 0.717) is 24.0 Å². The minimum atomic E-state index is -0.109. The highest BCUT2D eigenvalue weighted by molar-refractivity contribution is 6.31. The molecule has 172 valence electrons. The van der Waals surface area contributed by atoms with Gasteiger partial charge in [0.05, 0.1) is 11.6 Å². The summed E-state index contributed by atoms with van der Waals surface area (Å²) >= 11 is 6.46. The summed E-state index contributed by atoms with van der Waals surface area (Å²) in [5, 5.41) is 4.73. The maximum absolute atomic E-state index is 13.0. The SMILES string of the molecule is C=CC(=O)N1CC(NC(=O)Cn2c(C)c(-c3cnccc3C(C)C)c3cc(Cl)cc(C)c32)C1. The van der Waals surface area contributed by atoms with Gasteiger partial charge in [-0.1, -0.05) is 32.0 Å². The van der Waals surface area contributed by atoms with E-state index in [1.165, 1.54) is 11.6 Å². The van der Waals surface area contributed by atoms with Gasteiger partial charge < -0.3 is 14.8 Å². The molecule has 3 aromatic rings. The van der Waals surface area contributed by atoms with Gasteiger partial charge in [0.15, 0.2) is 0 Å². The van der Waals surface area contributed by atoms with Crippen molar-refractivity contribution in [3.63, 3.8) is 0 Å². The highest BCUT2D eigenvalue weighted by Crippen LogP contribution is 2.40. The summed E-state index contributed by atoms with van der Waals surface area (Å²) in [6, 6.07) is 5.92. The highest BCUT2D eigenvalue weighted by atomic mass is 35.5. The topological polar surface area (TPSA) is 67.2 Å². The first-order chi connectivity index (χ1) is 15.7. The summed E-state index contributed by atoms with van der Waals surface area (Å²) in [6.07, 6.45) is 5.02. The van der Waals surface area contributed by atoms with Crippen LogP contribution < -0.4 is 5.32 Å². The number of carbonyl (C=O) groups is 2. The largest absolute Gasteiger partial charge is 0.348 e. The second-order valence-electron chi connectivity index (χ2n) is 8.99. The molecular weight excluding hydrogens is 436 g/mol. The Labute approximate surface area is 199 Å². The number of aryl methyl sites for hydroxylation is 1. The van der Waals surface area contributed by atoms with Gasteiger partial charge in [0.1, 0.15) is 6.54 Å². The van der Waals surface area contributed by atoms with Crippen LogP contribution in [0.15, 0.2) is 43.2 Å². The van der Waals surface area contributed by atoms with Crippen LogP contribution in [0.1, 0.15) is 36.6 Å². The Morgan fingerprint density at radius 1 is 1.30 bits per heavy atom. The molecule has 1 aliphatic rings. The number of fused-ring (bicyclic) bond motifs is 1. The average Bonchev–Trinajstić information content (AvgIpc) is 3.01. The van der Waals surface area contributed by atoms with Crippen LogP contribution in [0, 0.1) is 13.8 Å². The van der Waals surface area contributed by atoms with Crippen molar-refractivity contribution in [1.82, 2.24) is 19.8 Å². The molecule has 33 heavy (non-hydrogen) atoms. The Kier molecular flexibility index (Phi) is 6.30. The van der Waals surface area contributed by atoms with Gasteiger partial charge in [-0.2, -0.15) is 0 Å². The smallest absolute Gasteiger partial charge is 0.246 e. The number of hydrogen-bond acceptors (Lipinski definition) is 3. The van der Waals surface area contributed by atoms with Crippen LogP contribution in [0.4, 0.5) is 0 Å². The standard InChI is InChI=1S/C26H29ClN4O2/c1-6-24(33)30-12-19(13-30)29-23(32)14-31-17(5)25(21-10-18(27)9-16(4)26(21)31)22-11-28-8-7-20(22)15(2)3/h6-11,15,19H,1,12-14H2,2-5H3,(H,29,32). The number of likely N-dealkylation sites (tertiary alicyclic amines) is 1. The molecule has 0 unspecified atom stereocenters. The van der Waals surface area contributed by atoms with E-state index in [1.807, 2.05) is 38.4 Å². The predicted octanol–water partition coefficient (Wildman–Crippen LogP) is 4.61. The Morgan fingerprint density at radius 3 is 2.70 bits per heavy atom. The molecule has 1 aromatic carbocycles. The number of hydrogen-bond donors (Lipinski definition) is 1. The molecule has 6 nitrogen and oxygen atoms in total. The molecule has 2 amide bonds. The van der Waals surface area contributed by atoms with Crippen molar-refractivity contribution in [1.29, 1.82) is 0 Å². The number of halogens is 1. The van der Waals surface area contributed by atoms with Crippen molar-refractivity contribution in [3.05, 3.63) is 65.1 Å². The average molecular weight is 465 g/mol. The van der Waals surface area contributed by atoms with Crippen LogP contribution in [-0.4, -0.2) is 45.4 Å². The van der Waals surface area contributed by atoms with Gasteiger partial charge in [-0.25, -0.2) is 0 Å². The van der Waals surface area contributed by atoms with Crippen LogP contribution in [-0.2, 0) is 16.1 Å². The van der Waals surface area contributed by atoms with Gasteiger partial charge in [-0.05, 0) is 55.2 Å². The van der Waals surface area contributed by atoms with Gasteiger partial charge in [0.2, 0.25) is 11.8 Å². The molecule has 0 bridgehead atoms. The number of amides is 2. The van der Waals surface area contributed by atoms with Crippen molar-refractivity contribution in [2.45, 2.75) is 46.2 Å². The summed E-state index contributed by atoms with van der Waals surface area (Å²) in [4.78, 5) is 30.7. The number of nitrogens with zero attached hydrogens (tertiary/aromatic N) is 3. The maximum Gasteiger partial charge on any atom is 0.246 e. The molecule has 7 heteroatoms. The Hall–Kier alpha value is -3.12. The lowest BCUT2D eigenvalue weighted by molar-refractivity contribution is -0.133. The van der Waals surface area contributed by atoms with Crippen molar-refractivity contribution in [3.8, 4) is 11.1 Å². The quantitative estimate of drug-likeness (QED) is 0.542. The Morgan fingerprint density at radius 2 is 2.03 bits per heavy atom. The molecule has 1 aliphatic heterocycles. The molecule has 0 saturated carbocycles. The number of nitrogens with one attached hydrogen (secondary N) is 1. The fraction of sp³-hybridized carbons (Fsp3) is 0.346. The molecule has 1 N–H and O–H groups in total. The first-order valence-corrected chi connectivity index (χ1v) is 11.5. The summed E-state index contributed by atoms with van der Waals surface area (Å²) in [5.41, 5.74) is 6.34. The zero-order valence-corrected chi connectivity index (χ0v) is 20.2. The van der Waals surface area contributed by atoms with Crippen LogP contribution in [0.2, 0.25) is 5.02 Å². The van der Waals surface area contributed by atoms with Crippen molar-refractivity contribution in [2.24, 2.45) is 0 Å². The molecule has 1 fully saturated rings. The number of pyridine rings is 1. The normalized spacial score (nSPS) is 13.9. The lowest BCUT2D eigenvalue weighted by atomic mass is 9.92. The number of benzene rings is 1. The second-order valence-corrected chi connectivity index (χ2v) is 9.43. The van der Waals surface area contributed by atoms with E-state index in [-0.39, 0.29) is 24.4 Å². The summed E-state index contributed by atoms with van der Waals surface area (Å²) in [6.45, 7) is 13.1. The first-order valence-electron chi connectivity index (χ1n) is 11.1. The number of carbonyl (C=O) groups excluding carboxylic acids is 2. The molecule has 0 radical (unpaired) electrons. The zero-order chi connectivity index (χ0) is 23.9. The van der Waals surface area contributed by atoms with Crippen LogP contribution >= 0.6 is 11.6 Å². The third-order valence-electron chi connectivity index (χ3n) is 6.35. The zero-order valence-electron chi connectivity index (χ0n) is 19.5. The van der Waals surface area contributed by atoms with Crippen LogP contribution in [0.3, 0.4) is 0 Å². The van der Waals surface area contributed by atoms with Gasteiger partial charge in [-0.3, -0.25) is 14.6 Å². The van der Waals surface area contributed by atoms with Crippen molar-refractivity contribution in [2.75, 3.05) is 13.1 Å². The third kappa shape index (κ3) is 4.27. The molecule has 3 heterocycles. The molecular formula is C26H29ClN4O2. The predicted molar refractivity (Wildman–Crippen MR) is 132 cm³/mol. The Balaban J connectivity index is 1.71. The molecule has 0 atom stereocenters. The molecule has 0 spiro atoms. The van der Waals surface area contributed by atoms with Crippen molar-refractivity contribution < 1.29 is 9.59 Å². The summed E-state index contributed by atoms with van der Waals surface area (Å²) < 4.78 is 2.06. The summed E-state index contributed by atoms with van der Waals surface area (Å²) in [7, 11) is 0. The van der Waals surface area contributed by atoms with Gasteiger partial charge in [-0.15, -0.1) is 0 Å². The van der Waals surface area contributed by atoms with E-state index in [0.717, 1.165) is 33.3 Å². The first kappa shape index (κ1) is 23.1. The fourth-order valence-corrected chi connectivity index (χ4v) is 5.01. The highest BCUT2D eigenvalue weighted by Gasteiger charge is 2.31. The van der Waals surface area contributed by atoms with Crippen LogP contribution in [0.5, 0.6) is 0 Å². The summed E-state index contributed by atoms with van der Waals surface area (Å²) in [5.74, 6) is 0.133. The van der Waals surface area contributed by atoms with E-state index in [1.54, 1.807) is 4.90 Å². The van der Waals surface area contributed by atoms with E-state index in [9.17, 15) is 9.59 Å². The lowest BCUT2D eigenvalue weighted by Crippen LogP contribution is -2.61. The minimum absolute atomic E-state index is 0.0376. The van der Waals surface area contributed by atoms with Crippen molar-refractivity contribution >= 4 is 34.3 Å². The molecule has 4 rings (SSSR count). The van der Waals surface area contributed by atoms with Gasteiger partial charge >= 0.3 is 0 Å². The Bertz CT molecular complexity index is 1250. The van der Waals surface area contributed by atoms with Crippen LogP contribution in [0.25, 0.3) is 22.0 Å². The van der Waals surface area contributed by atoms with E-state index < -0.39 is 0 Å². The molecule has 0 aliphatic carbocycles. The fourth-order valence-electron chi connectivity index (χ4n) is 4.73. The monoisotopic (exact) mass is 464 g/mol. The van der Waals surface area contributed by atoms with E-state index in [4.69, 9.17) is 11.6 Å². The third-order valence-corrected chi connectivity index (χ3v) is 6.57. The minimum Gasteiger partial charge on any atom is -0.348 e. The second kappa shape index (κ2) is 9.02. The van der Waals surface area contributed by atoms with Gasteiger partial charge in [0.25, 0.3) is 0 Å². The van der Waals surface area contributed by atoms with Gasteiger partial charge in [0, 0.05) is 52.7 Å². The maximum atomic E-state index is 13.0. The molecule has 1 saturated heterocycles.